The summed E-state index contributed by atoms with van der Waals surface area (Å²) in [5.41, 5.74) is 2.65. The minimum Gasteiger partial charge on any atom is -0.495 e. The average molecular weight is 459 g/mol. The highest BCUT2D eigenvalue weighted by atomic mass is 32.2. The van der Waals surface area contributed by atoms with E-state index in [2.05, 4.69) is 15.2 Å². The lowest BCUT2D eigenvalue weighted by molar-refractivity contribution is -0.113. The molecule has 0 atom stereocenters. The number of amides is 1. The van der Waals surface area contributed by atoms with E-state index in [-0.39, 0.29) is 17.3 Å². The number of methoxy groups -OCH3 is 1. The molecule has 1 aliphatic heterocycles. The van der Waals surface area contributed by atoms with Crippen molar-refractivity contribution in [2.45, 2.75) is 37.3 Å². The molecule has 172 valence electrons. The van der Waals surface area contributed by atoms with Crippen molar-refractivity contribution in [3.05, 3.63) is 46.0 Å². The van der Waals surface area contributed by atoms with Crippen molar-refractivity contribution in [3.8, 4) is 5.75 Å². The quantitative estimate of drug-likeness (QED) is 0.455. The third-order valence-corrected chi connectivity index (χ3v) is 6.90. The summed E-state index contributed by atoms with van der Waals surface area (Å²) in [6.07, 6.45) is 3.74. The Morgan fingerprint density at radius 1 is 1.22 bits per heavy atom. The molecule has 9 heteroatoms. The van der Waals surface area contributed by atoms with E-state index in [9.17, 15) is 9.59 Å². The SMILES string of the molecule is COc1ccccc1NC(=O)CSc1nc(=O)n(CCCN2CCOCC2)c2c1CCC2. The molecule has 1 amide bonds. The molecule has 1 aliphatic carbocycles. The lowest BCUT2D eigenvalue weighted by atomic mass is 10.2. The molecule has 1 saturated heterocycles. The number of para-hydroxylation sites is 2. The predicted molar refractivity (Wildman–Crippen MR) is 125 cm³/mol. The number of thioether (sulfide) groups is 1. The Kier molecular flexibility index (Phi) is 7.83. The van der Waals surface area contributed by atoms with E-state index in [1.54, 1.807) is 19.2 Å². The molecule has 32 heavy (non-hydrogen) atoms. The predicted octanol–water partition coefficient (Wildman–Crippen LogP) is 2.19. The van der Waals surface area contributed by atoms with E-state index >= 15 is 0 Å². The van der Waals surface area contributed by atoms with Crippen LogP contribution in [0.15, 0.2) is 34.1 Å². The van der Waals surface area contributed by atoms with Crippen molar-refractivity contribution in [2.24, 2.45) is 0 Å². The van der Waals surface area contributed by atoms with E-state index in [4.69, 9.17) is 9.47 Å². The second kappa shape index (κ2) is 11.0. The Labute approximate surface area is 192 Å². The first-order chi connectivity index (χ1) is 15.7. The molecule has 0 saturated carbocycles. The smallest absolute Gasteiger partial charge is 0.348 e. The Morgan fingerprint density at radius 2 is 2.03 bits per heavy atom. The molecular weight excluding hydrogens is 428 g/mol. The zero-order chi connectivity index (χ0) is 22.3. The third kappa shape index (κ3) is 5.51. The minimum atomic E-state index is -0.208. The van der Waals surface area contributed by atoms with Gasteiger partial charge in [-0.1, -0.05) is 23.9 Å². The summed E-state index contributed by atoms with van der Waals surface area (Å²) < 4.78 is 12.5. The average Bonchev–Trinajstić information content (AvgIpc) is 3.30. The van der Waals surface area contributed by atoms with Crippen molar-refractivity contribution in [3.63, 3.8) is 0 Å². The number of hydrogen-bond donors (Lipinski definition) is 1. The van der Waals surface area contributed by atoms with Gasteiger partial charge in [-0.25, -0.2) is 4.79 Å². The van der Waals surface area contributed by atoms with Gasteiger partial charge >= 0.3 is 5.69 Å². The molecular formula is C23H30N4O4S. The van der Waals surface area contributed by atoms with Gasteiger partial charge in [-0.15, -0.1) is 0 Å². The van der Waals surface area contributed by atoms with Crippen LogP contribution in [0.5, 0.6) is 5.75 Å². The number of nitrogens with zero attached hydrogens (tertiary/aromatic N) is 3. The Balaban J connectivity index is 1.38. The van der Waals surface area contributed by atoms with Gasteiger partial charge in [-0.3, -0.25) is 14.3 Å². The fraction of sp³-hybridized carbons (Fsp3) is 0.522. The number of rotatable bonds is 9. The van der Waals surface area contributed by atoms with Crippen molar-refractivity contribution in [2.75, 3.05) is 51.0 Å². The summed E-state index contributed by atoms with van der Waals surface area (Å²) in [5.74, 6) is 0.658. The first-order valence-electron chi connectivity index (χ1n) is 11.1. The first kappa shape index (κ1) is 22.8. The monoisotopic (exact) mass is 458 g/mol. The van der Waals surface area contributed by atoms with Crippen LogP contribution in [0.1, 0.15) is 24.1 Å². The molecule has 2 heterocycles. The van der Waals surface area contributed by atoms with Gasteiger partial charge in [0.15, 0.2) is 0 Å². The second-order valence-electron chi connectivity index (χ2n) is 7.97. The lowest BCUT2D eigenvalue weighted by Crippen LogP contribution is -2.37. The molecule has 1 aromatic carbocycles. The summed E-state index contributed by atoms with van der Waals surface area (Å²) in [7, 11) is 1.57. The van der Waals surface area contributed by atoms with Crippen LogP contribution < -0.4 is 15.7 Å². The molecule has 0 spiro atoms. The molecule has 1 fully saturated rings. The summed E-state index contributed by atoms with van der Waals surface area (Å²) in [6.45, 7) is 5.13. The van der Waals surface area contributed by atoms with Crippen LogP contribution in [0, 0.1) is 0 Å². The van der Waals surface area contributed by atoms with E-state index in [1.807, 2.05) is 16.7 Å². The van der Waals surface area contributed by atoms with Gasteiger partial charge in [0.05, 0.1) is 31.8 Å². The molecule has 2 aromatic rings. The molecule has 4 rings (SSSR count). The number of nitrogens with one attached hydrogen (secondary N) is 1. The number of ether oxygens (including phenoxy) is 2. The van der Waals surface area contributed by atoms with E-state index in [1.165, 1.54) is 11.8 Å². The van der Waals surface area contributed by atoms with Crippen LogP contribution in [0.25, 0.3) is 0 Å². The van der Waals surface area contributed by atoms with Crippen molar-refractivity contribution in [1.29, 1.82) is 0 Å². The van der Waals surface area contributed by atoms with Crippen LogP contribution in [0.4, 0.5) is 5.69 Å². The zero-order valence-electron chi connectivity index (χ0n) is 18.5. The van der Waals surface area contributed by atoms with Crippen LogP contribution in [0.3, 0.4) is 0 Å². The molecule has 1 aromatic heterocycles. The summed E-state index contributed by atoms with van der Waals surface area (Å²) in [4.78, 5) is 32.0. The summed E-state index contributed by atoms with van der Waals surface area (Å²) in [6, 6.07) is 7.30. The molecule has 2 aliphatic rings. The number of morpholine rings is 1. The number of hydrogen-bond acceptors (Lipinski definition) is 7. The normalized spacial score (nSPS) is 16.0. The van der Waals surface area contributed by atoms with Gasteiger partial charge in [0.1, 0.15) is 10.8 Å². The third-order valence-electron chi connectivity index (χ3n) is 5.88. The first-order valence-corrected chi connectivity index (χ1v) is 12.1. The maximum absolute atomic E-state index is 12.8. The number of anilines is 1. The molecule has 8 nitrogen and oxygen atoms in total. The number of fused-ring (bicyclic) bond motifs is 1. The van der Waals surface area contributed by atoms with Crippen LogP contribution in [-0.4, -0.2) is 66.1 Å². The van der Waals surface area contributed by atoms with E-state index in [0.717, 1.165) is 69.8 Å². The molecule has 0 radical (unpaired) electrons. The fourth-order valence-electron chi connectivity index (χ4n) is 4.28. The standard InChI is InChI=1S/C23H30N4O4S/c1-30-20-9-3-2-7-18(20)24-21(28)16-32-22-17-6-4-8-19(17)27(23(29)25-22)11-5-10-26-12-14-31-15-13-26/h2-3,7,9H,4-6,8,10-16H2,1H3,(H,24,28). The van der Waals surface area contributed by atoms with E-state index in [0.29, 0.717) is 23.0 Å². The Bertz CT molecular complexity index is 1000. The van der Waals surface area contributed by atoms with Gasteiger partial charge < -0.3 is 14.8 Å². The number of carbonyl (C=O) groups excluding carboxylic acids is 1. The van der Waals surface area contributed by atoms with Crippen molar-refractivity contribution in [1.82, 2.24) is 14.5 Å². The Hall–Kier alpha value is -2.36. The second-order valence-corrected chi connectivity index (χ2v) is 8.94. The highest BCUT2D eigenvalue weighted by Crippen LogP contribution is 2.30. The summed E-state index contributed by atoms with van der Waals surface area (Å²) >= 11 is 1.34. The lowest BCUT2D eigenvalue weighted by Gasteiger charge is -2.26. The summed E-state index contributed by atoms with van der Waals surface area (Å²) in [5, 5.41) is 3.57. The number of aromatic nitrogens is 2. The van der Waals surface area contributed by atoms with Gasteiger partial charge in [-0.2, -0.15) is 4.98 Å². The fourth-order valence-corrected chi connectivity index (χ4v) is 5.16. The Morgan fingerprint density at radius 3 is 2.84 bits per heavy atom. The van der Waals surface area contributed by atoms with Gasteiger partial charge in [0.25, 0.3) is 0 Å². The highest BCUT2D eigenvalue weighted by molar-refractivity contribution is 8.00. The van der Waals surface area contributed by atoms with E-state index < -0.39 is 0 Å². The maximum Gasteiger partial charge on any atom is 0.348 e. The molecule has 0 bridgehead atoms. The number of carbonyl (C=O) groups is 1. The van der Waals surface area contributed by atoms with Crippen molar-refractivity contribution >= 4 is 23.4 Å². The zero-order valence-corrected chi connectivity index (χ0v) is 19.3. The van der Waals surface area contributed by atoms with Crippen LogP contribution in [0.2, 0.25) is 0 Å². The maximum atomic E-state index is 12.8. The molecule has 1 N–H and O–H groups in total. The minimum absolute atomic E-state index is 0.150. The van der Waals surface area contributed by atoms with Gasteiger partial charge in [0.2, 0.25) is 5.91 Å². The van der Waals surface area contributed by atoms with Gasteiger partial charge in [-0.05, 0) is 37.8 Å². The highest BCUT2D eigenvalue weighted by Gasteiger charge is 2.23. The van der Waals surface area contributed by atoms with Crippen LogP contribution in [-0.2, 0) is 28.9 Å². The number of benzene rings is 1. The van der Waals surface area contributed by atoms with Crippen LogP contribution >= 0.6 is 11.8 Å². The topological polar surface area (TPSA) is 85.7 Å². The van der Waals surface area contributed by atoms with Gasteiger partial charge in [0, 0.05) is 37.4 Å². The van der Waals surface area contributed by atoms with Crippen molar-refractivity contribution < 1.29 is 14.3 Å². The largest absolute Gasteiger partial charge is 0.495 e. The molecule has 0 unspecified atom stereocenters.